The first-order valence-corrected chi connectivity index (χ1v) is 5.22. The fourth-order valence-corrected chi connectivity index (χ4v) is 1.62. The molecule has 76 valence electrons. The van der Waals surface area contributed by atoms with Crippen LogP contribution in [0.3, 0.4) is 0 Å². The van der Waals surface area contributed by atoms with Crippen LogP contribution in [-0.2, 0) is 4.74 Å². The van der Waals surface area contributed by atoms with Gasteiger partial charge in [0.2, 0.25) is 0 Å². The summed E-state index contributed by atoms with van der Waals surface area (Å²) in [5.74, 6) is 0.852. The molecule has 1 aromatic rings. The third-order valence-electron chi connectivity index (χ3n) is 2.27. The first-order chi connectivity index (χ1) is 6.84. The number of rotatable bonds is 3. The molecule has 1 aromatic carbocycles. The van der Waals surface area contributed by atoms with E-state index >= 15 is 0 Å². The molecule has 1 heterocycles. The first kappa shape index (κ1) is 9.81. The van der Waals surface area contributed by atoms with Crippen LogP contribution in [0.25, 0.3) is 0 Å². The van der Waals surface area contributed by atoms with E-state index in [2.05, 4.69) is 0 Å². The van der Waals surface area contributed by atoms with E-state index in [9.17, 15) is 0 Å². The van der Waals surface area contributed by atoms with Crippen LogP contribution in [0.1, 0.15) is 12.8 Å². The van der Waals surface area contributed by atoms with Gasteiger partial charge >= 0.3 is 0 Å². The van der Waals surface area contributed by atoms with Crippen molar-refractivity contribution in [1.29, 1.82) is 0 Å². The number of hydrogen-bond donors (Lipinski definition) is 0. The van der Waals surface area contributed by atoms with Gasteiger partial charge in [0.1, 0.15) is 12.4 Å². The van der Waals surface area contributed by atoms with E-state index in [1.807, 2.05) is 24.3 Å². The highest BCUT2D eigenvalue weighted by Gasteiger charge is 2.15. The Balaban J connectivity index is 1.82. The summed E-state index contributed by atoms with van der Waals surface area (Å²) in [6.07, 6.45) is 2.52. The van der Waals surface area contributed by atoms with Crippen LogP contribution in [-0.4, -0.2) is 19.3 Å². The molecule has 1 aliphatic rings. The fourth-order valence-electron chi connectivity index (χ4n) is 1.50. The Hall–Kier alpha value is -0.730. The highest BCUT2D eigenvalue weighted by Crippen LogP contribution is 2.18. The molecule has 1 saturated heterocycles. The third kappa shape index (κ3) is 2.63. The van der Waals surface area contributed by atoms with Gasteiger partial charge in [0.05, 0.1) is 6.10 Å². The molecular weight excluding hydrogens is 200 g/mol. The van der Waals surface area contributed by atoms with Crippen molar-refractivity contribution in [1.82, 2.24) is 0 Å². The molecule has 3 heteroatoms. The van der Waals surface area contributed by atoms with Crippen molar-refractivity contribution < 1.29 is 9.47 Å². The summed E-state index contributed by atoms with van der Waals surface area (Å²) < 4.78 is 11.0. The summed E-state index contributed by atoms with van der Waals surface area (Å²) in [7, 11) is 0. The molecule has 2 nitrogen and oxygen atoms in total. The Kier molecular flexibility index (Phi) is 3.27. The van der Waals surface area contributed by atoms with Crippen molar-refractivity contribution in [2.45, 2.75) is 18.9 Å². The van der Waals surface area contributed by atoms with Crippen LogP contribution in [0.4, 0.5) is 0 Å². The van der Waals surface area contributed by atoms with Gasteiger partial charge < -0.3 is 9.47 Å². The van der Waals surface area contributed by atoms with Crippen LogP contribution >= 0.6 is 11.6 Å². The average molecular weight is 213 g/mol. The smallest absolute Gasteiger partial charge is 0.119 e. The lowest BCUT2D eigenvalue weighted by Gasteiger charge is -2.11. The number of hydrogen-bond acceptors (Lipinski definition) is 2. The van der Waals surface area contributed by atoms with Crippen LogP contribution in [0.5, 0.6) is 5.75 Å². The van der Waals surface area contributed by atoms with Crippen molar-refractivity contribution in [3.63, 3.8) is 0 Å². The maximum absolute atomic E-state index is 5.76. The molecule has 0 saturated carbocycles. The maximum Gasteiger partial charge on any atom is 0.119 e. The van der Waals surface area contributed by atoms with E-state index in [0.717, 1.165) is 30.2 Å². The second kappa shape index (κ2) is 4.67. The van der Waals surface area contributed by atoms with Gasteiger partial charge in [0.25, 0.3) is 0 Å². The highest BCUT2D eigenvalue weighted by molar-refractivity contribution is 6.30. The minimum Gasteiger partial charge on any atom is -0.491 e. The third-order valence-corrected chi connectivity index (χ3v) is 2.53. The normalized spacial score (nSPS) is 21.1. The number of halogens is 1. The lowest BCUT2D eigenvalue weighted by molar-refractivity contribution is 0.0679. The predicted molar refractivity (Wildman–Crippen MR) is 55.9 cm³/mol. The first-order valence-electron chi connectivity index (χ1n) is 4.84. The van der Waals surface area contributed by atoms with Crippen LogP contribution in [0.2, 0.25) is 5.02 Å². The van der Waals surface area contributed by atoms with Gasteiger partial charge in [-0.1, -0.05) is 11.6 Å². The standard InChI is InChI=1S/C11H13ClO2/c12-9-3-5-10(6-4-9)14-8-11-2-1-7-13-11/h3-6,11H,1-2,7-8H2. The molecule has 1 unspecified atom stereocenters. The second-order valence-corrected chi connectivity index (χ2v) is 3.84. The topological polar surface area (TPSA) is 18.5 Å². The van der Waals surface area contributed by atoms with Crippen molar-refractivity contribution in [3.05, 3.63) is 29.3 Å². The van der Waals surface area contributed by atoms with Crippen molar-refractivity contribution in [3.8, 4) is 5.75 Å². The Morgan fingerprint density at radius 2 is 2.14 bits per heavy atom. The Bertz CT molecular complexity index is 278. The Morgan fingerprint density at radius 3 is 2.79 bits per heavy atom. The lowest BCUT2D eigenvalue weighted by Crippen LogP contribution is -2.16. The van der Waals surface area contributed by atoms with Gasteiger partial charge in [-0.2, -0.15) is 0 Å². The minimum absolute atomic E-state index is 0.269. The van der Waals surface area contributed by atoms with E-state index in [0.29, 0.717) is 6.61 Å². The van der Waals surface area contributed by atoms with Crippen molar-refractivity contribution in [2.24, 2.45) is 0 Å². The molecule has 0 bridgehead atoms. The monoisotopic (exact) mass is 212 g/mol. The number of ether oxygens (including phenoxy) is 2. The molecule has 0 N–H and O–H groups in total. The van der Waals surface area contributed by atoms with Gasteiger partial charge in [-0.15, -0.1) is 0 Å². The molecule has 0 spiro atoms. The zero-order valence-electron chi connectivity index (χ0n) is 7.91. The van der Waals surface area contributed by atoms with Crippen LogP contribution in [0.15, 0.2) is 24.3 Å². The lowest BCUT2D eigenvalue weighted by atomic mass is 10.2. The zero-order valence-corrected chi connectivity index (χ0v) is 8.67. The Morgan fingerprint density at radius 1 is 1.36 bits per heavy atom. The van der Waals surface area contributed by atoms with E-state index < -0.39 is 0 Å². The molecule has 0 aromatic heterocycles. The van der Waals surface area contributed by atoms with Gasteiger partial charge in [-0.25, -0.2) is 0 Å². The minimum atomic E-state index is 0.269. The summed E-state index contributed by atoms with van der Waals surface area (Å²) in [5.41, 5.74) is 0. The molecule has 0 aliphatic carbocycles. The molecule has 14 heavy (non-hydrogen) atoms. The van der Waals surface area contributed by atoms with E-state index in [1.54, 1.807) is 0 Å². The van der Waals surface area contributed by atoms with E-state index in [-0.39, 0.29) is 6.10 Å². The Labute approximate surface area is 88.8 Å². The van der Waals surface area contributed by atoms with E-state index in [1.165, 1.54) is 0 Å². The van der Waals surface area contributed by atoms with Gasteiger partial charge in [-0.3, -0.25) is 0 Å². The largest absolute Gasteiger partial charge is 0.491 e. The van der Waals surface area contributed by atoms with E-state index in [4.69, 9.17) is 21.1 Å². The molecular formula is C11H13ClO2. The molecule has 1 atom stereocenters. The molecule has 1 fully saturated rings. The summed E-state index contributed by atoms with van der Waals surface area (Å²) >= 11 is 5.76. The van der Waals surface area contributed by atoms with Gasteiger partial charge in [0.15, 0.2) is 0 Å². The molecule has 0 radical (unpaired) electrons. The summed E-state index contributed by atoms with van der Waals surface area (Å²) in [4.78, 5) is 0. The van der Waals surface area contributed by atoms with Crippen molar-refractivity contribution >= 4 is 11.6 Å². The quantitative estimate of drug-likeness (QED) is 0.767. The summed E-state index contributed by atoms with van der Waals surface area (Å²) in [5, 5.41) is 0.731. The fraction of sp³-hybridized carbons (Fsp3) is 0.455. The van der Waals surface area contributed by atoms with Crippen LogP contribution < -0.4 is 4.74 Å². The molecule has 0 amide bonds. The average Bonchev–Trinajstić information content (AvgIpc) is 2.70. The maximum atomic E-state index is 5.76. The summed E-state index contributed by atoms with van der Waals surface area (Å²) in [6, 6.07) is 7.40. The van der Waals surface area contributed by atoms with Crippen LogP contribution in [0, 0.1) is 0 Å². The van der Waals surface area contributed by atoms with Gasteiger partial charge in [-0.05, 0) is 37.1 Å². The second-order valence-electron chi connectivity index (χ2n) is 3.40. The number of benzene rings is 1. The zero-order chi connectivity index (χ0) is 9.80. The van der Waals surface area contributed by atoms with Gasteiger partial charge in [0, 0.05) is 11.6 Å². The molecule has 1 aliphatic heterocycles. The highest BCUT2D eigenvalue weighted by atomic mass is 35.5. The molecule has 2 rings (SSSR count). The SMILES string of the molecule is Clc1ccc(OCC2CCCO2)cc1. The summed E-state index contributed by atoms with van der Waals surface area (Å²) in [6.45, 7) is 1.51. The van der Waals surface area contributed by atoms with Crippen molar-refractivity contribution in [2.75, 3.05) is 13.2 Å². The predicted octanol–water partition coefficient (Wildman–Crippen LogP) is 2.90.